The van der Waals surface area contributed by atoms with E-state index in [2.05, 4.69) is 5.32 Å². The van der Waals surface area contributed by atoms with Crippen LogP contribution in [0.25, 0.3) is 0 Å². The second-order valence-corrected chi connectivity index (χ2v) is 4.91. The number of nitrogens with zero attached hydrogens (tertiary/aromatic N) is 1. The molecule has 0 aromatic rings. The number of alkyl halides is 2. The topological polar surface area (TPSA) is 49.4 Å². The fourth-order valence-electron chi connectivity index (χ4n) is 1.33. The molecule has 78 valence electrons. The van der Waals surface area contributed by atoms with E-state index in [-0.39, 0.29) is 13.1 Å². The van der Waals surface area contributed by atoms with Gasteiger partial charge in [0.15, 0.2) is 0 Å². The molecule has 1 unspecified atom stereocenters. The summed E-state index contributed by atoms with van der Waals surface area (Å²) in [5.74, 6) is 0. The summed E-state index contributed by atoms with van der Waals surface area (Å²) in [6.45, 7) is 0.564. The van der Waals surface area contributed by atoms with Crippen molar-refractivity contribution in [3.05, 3.63) is 0 Å². The molecule has 1 rings (SSSR count). The molecule has 0 spiro atoms. The molecular formula is C6H12F2N2O2S. The quantitative estimate of drug-likeness (QED) is 0.673. The fraction of sp³-hybridized carbons (Fsp3) is 1.00. The van der Waals surface area contributed by atoms with Crippen molar-refractivity contribution < 1.29 is 17.2 Å². The molecule has 1 atom stereocenters. The van der Waals surface area contributed by atoms with E-state index >= 15 is 0 Å². The van der Waals surface area contributed by atoms with Crippen molar-refractivity contribution in [1.29, 1.82) is 0 Å². The second-order valence-electron chi connectivity index (χ2n) is 2.98. The number of rotatable bonds is 2. The summed E-state index contributed by atoms with van der Waals surface area (Å²) < 4.78 is 47.7. The van der Waals surface area contributed by atoms with Crippen molar-refractivity contribution in [1.82, 2.24) is 9.62 Å². The number of nitrogens with one attached hydrogen (secondary N) is 1. The van der Waals surface area contributed by atoms with E-state index < -0.39 is 22.5 Å². The van der Waals surface area contributed by atoms with E-state index in [4.69, 9.17) is 0 Å². The minimum absolute atomic E-state index is 0.0186. The van der Waals surface area contributed by atoms with Crippen molar-refractivity contribution >= 4 is 10.0 Å². The number of hydrogen-bond donors (Lipinski definition) is 1. The van der Waals surface area contributed by atoms with E-state index in [1.54, 1.807) is 0 Å². The van der Waals surface area contributed by atoms with Gasteiger partial charge in [-0.1, -0.05) is 0 Å². The first kappa shape index (κ1) is 10.8. The van der Waals surface area contributed by atoms with Gasteiger partial charge in [-0.05, 0) is 0 Å². The highest BCUT2D eigenvalue weighted by atomic mass is 32.2. The van der Waals surface area contributed by atoms with Crippen molar-refractivity contribution in [3.63, 3.8) is 0 Å². The molecule has 0 radical (unpaired) electrons. The number of hydrogen-bond acceptors (Lipinski definition) is 3. The van der Waals surface area contributed by atoms with Gasteiger partial charge in [0.25, 0.3) is 6.43 Å². The third kappa shape index (κ3) is 2.58. The first-order chi connectivity index (χ1) is 5.93. The van der Waals surface area contributed by atoms with Crippen molar-refractivity contribution in [2.75, 3.05) is 25.9 Å². The van der Waals surface area contributed by atoms with Crippen LogP contribution in [-0.2, 0) is 10.0 Å². The van der Waals surface area contributed by atoms with Crippen molar-refractivity contribution in [2.24, 2.45) is 0 Å². The van der Waals surface area contributed by atoms with Crippen LogP contribution < -0.4 is 5.32 Å². The van der Waals surface area contributed by atoms with Crippen LogP contribution in [0.3, 0.4) is 0 Å². The van der Waals surface area contributed by atoms with E-state index in [9.17, 15) is 17.2 Å². The third-order valence-electron chi connectivity index (χ3n) is 1.95. The molecule has 1 aliphatic heterocycles. The average molecular weight is 214 g/mol. The molecular weight excluding hydrogens is 202 g/mol. The predicted molar refractivity (Wildman–Crippen MR) is 44.2 cm³/mol. The normalized spacial score (nSPS) is 26.6. The molecule has 0 saturated carbocycles. The van der Waals surface area contributed by atoms with Gasteiger partial charge in [0.05, 0.1) is 12.3 Å². The van der Waals surface area contributed by atoms with Gasteiger partial charge in [0.2, 0.25) is 10.0 Å². The summed E-state index contributed by atoms with van der Waals surface area (Å²) >= 11 is 0. The fourth-order valence-corrected chi connectivity index (χ4v) is 2.41. The van der Waals surface area contributed by atoms with Gasteiger partial charge in [-0.25, -0.2) is 17.2 Å². The van der Waals surface area contributed by atoms with Gasteiger partial charge in [0.1, 0.15) is 0 Å². The van der Waals surface area contributed by atoms with E-state index in [0.29, 0.717) is 6.54 Å². The number of piperazine rings is 1. The largest absolute Gasteiger partial charge is 0.314 e. The molecule has 7 heteroatoms. The summed E-state index contributed by atoms with van der Waals surface area (Å²) in [4.78, 5) is 0. The molecule has 4 nitrogen and oxygen atoms in total. The monoisotopic (exact) mass is 214 g/mol. The second kappa shape index (κ2) is 3.85. The first-order valence-corrected chi connectivity index (χ1v) is 5.73. The van der Waals surface area contributed by atoms with Crippen LogP contribution in [0, 0.1) is 0 Å². The summed E-state index contributed by atoms with van der Waals surface area (Å²) in [5.41, 5.74) is 0. The molecule has 1 saturated heterocycles. The lowest BCUT2D eigenvalue weighted by molar-refractivity contribution is 0.0517. The van der Waals surface area contributed by atoms with Crippen LogP contribution in [0.5, 0.6) is 0 Å². The highest BCUT2D eigenvalue weighted by molar-refractivity contribution is 7.88. The zero-order chi connectivity index (χ0) is 10.1. The van der Waals surface area contributed by atoms with E-state index in [0.717, 1.165) is 10.6 Å². The van der Waals surface area contributed by atoms with Gasteiger partial charge in [-0.2, -0.15) is 4.31 Å². The summed E-state index contributed by atoms with van der Waals surface area (Å²) in [7, 11) is -3.51. The number of sulfonamides is 1. The Labute approximate surface area is 76.0 Å². The summed E-state index contributed by atoms with van der Waals surface area (Å²) in [5, 5.41) is 2.73. The molecule has 0 aromatic carbocycles. The van der Waals surface area contributed by atoms with E-state index in [1.807, 2.05) is 0 Å². The molecule has 0 bridgehead atoms. The van der Waals surface area contributed by atoms with Gasteiger partial charge in [-0.15, -0.1) is 0 Å². The SMILES string of the molecule is CS(=O)(=O)N1CCNCC1C(F)F. The zero-order valence-corrected chi connectivity index (χ0v) is 8.02. The molecule has 0 aliphatic carbocycles. The Morgan fingerprint density at radius 3 is 2.54 bits per heavy atom. The Morgan fingerprint density at radius 1 is 1.54 bits per heavy atom. The van der Waals surface area contributed by atoms with Gasteiger partial charge in [0, 0.05) is 19.6 Å². The predicted octanol–water partition coefficient (Wildman–Crippen LogP) is -0.515. The van der Waals surface area contributed by atoms with Gasteiger partial charge < -0.3 is 5.32 Å². The lowest BCUT2D eigenvalue weighted by Crippen LogP contribution is -2.56. The molecule has 0 aromatic heterocycles. The maximum atomic E-state index is 12.4. The lowest BCUT2D eigenvalue weighted by atomic mass is 10.2. The number of halogens is 2. The molecule has 1 aliphatic rings. The highest BCUT2D eigenvalue weighted by Gasteiger charge is 2.35. The third-order valence-corrected chi connectivity index (χ3v) is 3.25. The van der Waals surface area contributed by atoms with Crippen LogP contribution in [0.2, 0.25) is 0 Å². The Morgan fingerprint density at radius 2 is 2.15 bits per heavy atom. The smallest absolute Gasteiger partial charge is 0.256 e. The maximum Gasteiger partial charge on any atom is 0.256 e. The van der Waals surface area contributed by atoms with Crippen LogP contribution in [0.4, 0.5) is 8.78 Å². The minimum atomic E-state index is -3.51. The molecule has 0 amide bonds. The lowest BCUT2D eigenvalue weighted by Gasteiger charge is -2.33. The molecule has 1 N–H and O–H groups in total. The summed E-state index contributed by atoms with van der Waals surface area (Å²) in [6.07, 6.45) is -1.68. The van der Waals surface area contributed by atoms with Crippen LogP contribution in [0.15, 0.2) is 0 Å². The van der Waals surface area contributed by atoms with Crippen LogP contribution >= 0.6 is 0 Å². The van der Waals surface area contributed by atoms with Gasteiger partial charge in [-0.3, -0.25) is 0 Å². The average Bonchev–Trinajstić information content (AvgIpc) is 2.03. The summed E-state index contributed by atoms with van der Waals surface area (Å²) in [6, 6.07) is -1.22. The first-order valence-electron chi connectivity index (χ1n) is 3.88. The minimum Gasteiger partial charge on any atom is -0.314 e. The zero-order valence-electron chi connectivity index (χ0n) is 7.20. The van der Waals surface area contributed by atoms with Crippen LogP contribution in [-0.4, -0.2) is 51.1 Å². The Kier molecular flexibility index (Phi) is 3.20. The highest BCUT2D eigenvalue weighted by Crippen LogP contribution is 2.14. The maximum absolute atomic E-state index is 12.4. The molecule has 13 heavy (non-hydrogen) atoms. The Balaban J connectivity index is 2.80. The Hall–Kier alpha value is -0.270. The Bertz CT molecular complexity index is 268. The van der Waals surface area contributed by atoms with Crippen molar-refractivity contribution in [3.8, 4) is 0 Å². The molecule has 1 heterocycles. The van der Waals surface area contributed by atoms with E-state index in [1.165, 1.54) is 0 Å². The van der Waals surface area contributed by atoms with Crippen LogP contribution in [0.1, 0.15) is 0 Å². The standard InChI is InChI=1S/C6H12F2N2O2S/c1-13(11,12)10-3-2-9-4-5(10)6(7)8/h5-6,9H,2-4H2,1H3. The van der Waals surface area contributed by atoms with Gasteiger partial charge >= 0.3 is 0 Å². The van der Waals surface area contributed by atoms with Crippen molar-refractivity contribution in [2.45, 2.75) is 12.5 Å². The molecule has 1 fully saturated rings.